The number of hydrogen-bond acceptors (Lipinski definition) is 3. The van der Waals surface area contributed by atoms with E-state index in [0.717, 1.165) is 25.9 Å². The second kappa shape index (κ2) is 5.22. The first-order chi connectivity index (χ1) is 6.24. The highest BCUT2D eigenvalue weighted by molar-refractivity contribution is 5.74. The van der Waals surface area contributed by atoms with Gasteiger partial charge in [0.2, 0.25) is 0 Å². The van der Waals surface area contributed by atoms with E-state index in [0.29, 0.717) is 6.61 Å². The summed E-state index contributed by atoms with van der Waals surface area (Å²) in [7, 11) is 0. The van der Waals surface area contributed by atoms with Crippen LogP contribution in [-0.2, 0) is 14.3 Å². The molecule has 0 N–H and O–H groups in total. The third kappa shape index (κ3) is 3.35. The average molecular weight is 186 g/mol. The third-order valence-corrected chi connectivity index (χ3v) is 2.25. The average Bonchev–Trinajstić information content (AvgIpc) is 2.41. The second-order valence-corrected chi connectivity index (χ2v) is 3.62. The molecule has 0 aliphatic carbocycles. The Morgan fingerprint density at radius 2 is 2.38 bits per heavy atom. The van der Waals surface area contributed by atoms with Crippen LogP contribution in [0, 0.1) is 5.92 Å². The zero-order valence-electron chi connectivity index (χ0n) is 8.41. The first-order valence-electron chi connectivity index (χ1n) is 5.02. The molecule has 0 radical (unpaired) electrons. The number of hydrogen-bond donors (Lipinski definition) is 0. The molecule has 1 aliphatic heterocycles. The fraction of sp³-hybridized carbons (Fsp3) is 0.900. The second-order valence-electron chi connectivity index (χ2n) is 3.62. The van der Waals surface area contributed by atoms with E-state index >= 15 is 0 Å². The van der Waals surface area contributed by atoms with Gasteiger partial charge in [-0.05, 0) is 12.8 Å². The minimum absolute atomic E-state index is 0.000596. The zero-order chi connectivity index (χ0) is 9.68. The van der Waals surface area contributed by atoms with Crippen LogP contribution >= 0.6 is 0 Å². The molecule has 0 aromatic carbocycles. The summed E-state index contributed by atoms with van der Waals surface area (Å²) >= 11 is 0. The highest BCUT2D eigenvalue weighted by atomic mass is 16.6. The molecule has 1 saturated heterocycles. The van der Waals surface area contributed by atoms with Crippen LogP contribution in [0.5, 0.6) is 0 Å². The quantitative estimate of drug-likeness (QED) is 0.484. The number of ether oxygens (including phenoxy) is 2. The van der Waals surface area contributed by atoms with Crippen molar-refractivity contribution in [1.29, 1.82) is 0 Å². The molecule has 13 heavy (non-hydrogen) atoms. The topological polar surface area (TPSA) is 35.5 Å². The molecule has 2 atom stereocenters. The summed E-state index contributed by atoms with van der Waals surface area (Å²) in [5.41, 5.74) is 0. The van der Waals surface area contributed by atoms with Gasteiger partial charge in [-0.15, -0.1) is 0 Å². The number of unbranched alkanes of at least 4 members (excludes halogenated alkanes) is 1. The molecule has 1 rings (SSSR count). The summed E-state index contributed by atoms with van der Waals surface area (Å²) in [5, 5.41) is 0. The predicted molar refractivity (Wildman–Crippen MR) is 49.4 cm³/mol. The Morgan fingerprint density at radius 3 is 2.92 bits per heavy atom. The first kappa shape index (κ1) is 10.5. The summed E-state index contributed by atoms with van der Waals surface area (Å²) in [6, 6.07) is 0. The van der Waals surface area contributed by atoms with Gasteiger partial charge in [0.25, 0.3) is 0 Å². The predicted octanol–water partition coefficient (Wildman–Crippen LogP) is 1.75. The Kier molecular flexibility index (Phi) is 4.22. The van der Waals surface area contributed by atoms with Crippen molar-refractivity contribution in [3.63, 3.8) is 0 Å². The molecule has 0 spiro atoms. The van der Waals surface area contributed by atoms with Crippen molar-refractivity contribution in [1.82, 2.24) is 0 Å². The van der Waals surface area contributed by atoms with Crippen LogP contribution in [0.3, 0.4) is 0 Å². The molecule has 0 aromatic heterocycles. The van der Waals surface area contributed by atoms with Gasteiger partial charge in [0.05, 0.1) is 12.5 Å². The summed E-state index contributed by atoms with van der Waals surface area (Å²) < 4.78 is 10.5. The van der Waals surface area contributed by atoms with Crippen molar-refractivity contribution >= 4 is 5.97 Å². The van der Waals surface area contributed by atoms with E-state index in [4.69, 9.17) is 9.47 Å². The van der Waals surface area contributed by atoms with Gasteiger partial charge in [-0.25, -0.2) is 0 Å². The van der Waals surface area contributed by atoms with Crippen molar-refractivity contribution in [2.24, 2.45) is 5.92 Å². The van der Waals surface area contributed by atoms with Gasteiger partial charge in [0.15, 0.2) is 0 Å². The molecule has 0 amide bonds. The van der Waals surface area contributed by atoms with Gasteiger partial charge < -0.3 is 9.47 Å². The van der Waals surface area contributed by atoms with E-state index in [-0.39, 0.29) is 18.0 Å². The lowest BCUT2D eigenvalue weighted by molar-refractivity contribution is -0.145. The third-order valence-electron chi connectivity index (χ3n) is 2.25. The van der Waals surface area contributed by atoms with Crippen molar-refractivity contribution in [3.8, 4) is 0 Å². The van der Waals surface area contributed by atoms with Crippen LogP contribution in [0.1, 0.15) is 33.1 Å². The normalized spacial score (nSPS) is 27.7. The van der Waals surface area contributed by atoms with Crippen molar-refractivity contribution in [3.05, 3.63) is 0 Å². The molecule has 76 valence electrons. The molecular formula is C10H18O3. The largest absolute Gasteiger partial charge is 0.460 e. The number of carbonyl (C=O) groups is 1. The summed E-state index contributed by atoms with van der Waals surface area (Å²) in [5.74, 6) is -0.0242. The summed E-state index contributed by atoms with van der Waals surface area (Å²) in [6.07, 6.45) is 3.03. The van der Waals surface area contributed by atoms with E-state index in [9.17, 15) is 4.79 Å². The van der Waals surface area contributed by atoms with Gasteiger partial charge in [0.1, 0.15) is 6.10 Å². The maximum absolute atomic E-state index is 11.0. The maximum atomic E-state index is 11.0. The monoisotopic (exact) mass is 186 g/mol. The first-order valence-corrected chi connectivity index (χ1v) is 5.02. The lowest BCUT2D eigenvalue weighted by Gasteiger charge is -2.08. The Bertz CT molecular complexity index is 168. The minimum Gasteiger partial charge on any atom is -0.460 e. The van der Waals surface area contributed by atoms with Crippen LogP contribution in [0.25, 0.3) is 0 Å². The smallest absolute Gasteiger partial charge is 0.309 e. The van der Waals surface area contributed by atoms with Gasteiger partial charge in [-0.3, -0.25) is 4.79 Å². The lowest BCUT2D eigenvalue weighted by atomic mass is 10.1. The maximum Gasteiger partial charge on any atom is 0.309 e. The van der Waals surface area contributed by atoms with E-state index < -0.39 is 0 Å². The van der Waals surface area contributed by atoms with E-state index in [1.54, 1.807) is 0 Å². The lowest BCUT2D eigenvalue weighted by Crippen LogP contribution is -2.15. The molecule has 2 unspecified atom stereocenters. The summed E-state index contributed by atoms with van der Waals surface area (Å²) in [4.78, 5) is 11.0. The molecule has 1 heterocycles. The van der Waals surface area contributed by atoms with Gasteiger partial charge in [0, 0.05) is 6.61 Å². The van der Waals surface area contributed by atoms with E-state index in [2.05, 4.69) is 6.92 Å². The summed E-state index contributed by atoms with van der Waals surface area (Å²) in [6.45, 7) is 5.37. The molecule has 3 heteroatoms. The van der Waals surface area contributed by atoms with Crippen LogP contribution < -0.4 is 0 Å². The van der Waals surface area contributed by atoms with Gasteiger partial charge >= 0.3 is 5.97 Å². The van der Waals surface area contributed by atoms with Crippen molar-refractivity contribution in [2.45, 2.75) is 39.2 Å². The van der Waals surface area contributed by atoms with Crippen LogP contribution in [0.15, 0.2) is 0 Å². The molecule has 0 saturated carbocycles. The Balaban J connectivity index is 2.07. The number of carbonyl (C=O) groups excluding carboxylic acids is 1. The van der Waals surface area contributed by atoms with Crippen LogP contribution in [0.2, 0.25) is 0 Å². The van der Waals surface area contributed by atoms with Crippen molar-refractivity contribution in [2.75, 3.05) is 13.2 Å². The Labute approximate surface area is 79.4 Å². The highest BCUT2D eigenvalue weighted by Gasteiger charge is 2.30. The number of rotatable bonds is 5. The number of cyclic esters (lactones) is 1. The molecule has 1 aliphatic rings. The van der Waals surface area contributed by atoms with Crippen molar-refractivity contribution < 1.29 is 14.3 Å². The molecular weight excluding hydrogens is 168 g/mol. The van der Waals surface area contributed by atoms with Gasteiger partial charge in [-0.2, -0.15) is 0 Å². The van der Waals surface area contributed by atoms with Crippen LogP contribution in [0.4, 0.5) is 0 Å². The van der Waals surface area contributed by atoms with E-state index in [1.165, 1.54) is 0 Å². The fourth-order valence-corrected chi connectivity index (χ4v) is 1.38. The Morgan fingerprint density at radius 1 is 1.62 bits per heavy atom. The standard InChI is InChI=1S/C10H18O3/c1-3-4-5-12-7-9-6-8(2)10(11)13-9/h8-9H,3-7H2,1-2H3. The minimum atomic E-state index is -0.0795. The zero-order valence-corrected chi connectivity index (χ0v) is 8.41. The number of esters is 1. The molecule has 0 aromatic rings. The SMILES string of the molecule is CCCCOCC1CC(C)C(=O)O1. The highest BCUT2D eigenvalue weighted by Crippen LogP contribution is 2.20. The van der Waals surface area contributed by atoms with Gasteiger partial charge in [-0.1, -0.05) is 20.3 Å². The molecule has 0 bridgehead atoms. The van der Waals surface area contributed by atoms with E-state index in [1.807, 2.05) is 6.92 Å². The van der Waals surface area contributed by atoms with Crippen LogP contribution in [-0.4, -0.2) is 25.3 Å². The molecule has 1 fully saturated rings. The molecule has 3 nitrogen and oxygen atoms in total. The Hall–Kier alpha value is -0.570. The fourth-order valence-electron chi connectivity index (χ4n) is 1.38.